The molecule has 0 unspecified atom stereocenters. The lowest BCUT2D eigenvalue weighted by atomic mass is 11.0. The van der Waals surface area contributed by atoms with E-state index >= 15 is 0 Å². The first kappa shape index (κ1) is 5.53. The largest absolute Gasteiger partial charge is 0.254 e. The topological polar surface area (TPSA) is 0 Å². The Balaban J connectivity index is 2.54. The second-order valence-electron chi connectivity index (χ2n) is 1.80. The minimum Gasteiger partial charge on any atom is -0.106 e. The van der Waals surface area contributed by atoms with E-state index in [-0.39, 0.29) is 14.1 Å². The van der Waals surface area contributed by atoms with Crippen LogP contribution in [0.25, 0.3) is 0 Å². The summed E-state index contributed by atoms with van der Waals surface area (Å²) in [5.74, 6) is 4.72. The van der Waals surface area contributed by atoms with Crippen molar-refractivity contribution < 1.29 is 0 Å². The van der Waals surface area contributed by atoms with Gasteiger partial charge in [-0.15, -0.1) is 11.6 Å². The van der Waals surface area contributed by atoms with Gasteiger partial charge >= 0.3 is 0 Å². The van der Waals surface area contributed by atoms with Crippen molar-refractivity contribution in [1.29, 1.82) is 0 Å². The second kappa shape index (κ2) is 2.75. The molecule has 0 nitrogen and oxygen atoms in total. The SMILES string of the molecule is C[CH2][Al]([CH3])[CH3]. The normalized spacial score (nSPS) is 7.80. The van der Waals surface area contributed by atoms with Crippen LogP contribution in [0.2, 0.25) is 16.9 Å². The summed E-state index contributed by atoms with van der Waals surface area (Å²) in [7, 11) is 0. The van der Waals surface area contributed by atoms with Gasteiger partial charge in [-0.1, -0.05) is 12.2 Å². The van der Waals surface area contributed by atoms with E-state index in [1.807, 2.05) is 0 Å². The highest BCUT2D eigenvalue weighted by molar-refractivity contribution is 6.55. The highest BCUT2D eigenvalue weighted by Gasteiger charge is 1.91. The molecule has 0 aliphatic carbocycles. The van der Waals surface area contributed by atoms with Crippen LogP contribution in [0.5, 0.6) is 0 Å². The summed E-state index contributed by atoms with van der Waals surface area (Å²) in [5, 5.41) is 1.44. The van der Waals surface area contributed by atoms with Crippen LogP contribution in [0.15, 0.2) is 0 Å². The molecule has 0 rings (SSSR count). The fourth-order valence-corrected chi connectivity index (χ4v) is 0. The zero-order valence-corrected chi connectivity index (χ0v) is 5.44. The molecule has 0 aromatic carbocycles. The molecule has 5 heavy (non-hydrogen) atoms. The lowest BCUT2D eigenvalue weighted by molar-refractivity contribution is 1.41. The zero-order valence-electron chi connectivity index (χ0n) is 4.28. The molecule has 0 heterocycles. The Labute approximate surface area is 38.6 Å². The van der Waals surface area contributed by atoms with E-state index in [4.69, 9.17) is 0 Å². The Morgan fingerprint density at radius 3 is 1.60 bits per heavy atom. The lowest BCUT2D eigenvalue weighted by Crippen LogP contribution is -1.92. The van der Waals surface area contributed by atoms with Crippen LogP contribution in [0.1, 0.15) is 6.92 Å². The van der Waals surface area contributed by atoms with Crippen molar-refractivity contribution in [3.8, 4) is 0 Å². The van der Waals surface area contributed by atoms with E-state index in [1.165, 1.54) is 5.28 Å². The predicted molar refractivity (Wildman–Crippen MR) is 28.0 cm³/mol. The van der Waals surface area contributed by atoms with Crippen molar-refractivity contribution in [1.82, 2.24) is 0 Å². The number of rotatable bonds is 1. The van der Waals surface area contributed by atoms with Gasteiger partial charge in [-0.25, -0.2) is 0 Å². The summed E-state index contributed by atoms with van der Waals surface area (Å²) in [6.07, 6.45) is 0. The molecule has 0 aliphatic rings. The van der Waals surface area contributed by atoms with Crippen LogP contribution in [0.3, 0.4) is 0 Å². The molecule has 0 fully saturated rings. The van der Waals surface area contributed by atoms with Gasteiger partial charge in [0.15, 0.2) is 0 Å². The van der Waals surface area contributed by atoms with Crippen molar-refractivity contribution in [3.05, 3.63) is 0 Å². The van der Waals surface area contributed by atoms with Crippen LogP contribution < -0.4 is 0 Å². The molecule has 0 amide bonds. The summed E-state index contributed by atoms with van der Waals surface area (Å²) in [5.41, 5.74) is 0. The van der Waals surface area contributed by atoms with Crippen LogP contribution in [-0.2, 0) is 0 Å². The molecule has 0 spiro atoms. The molecule has 0 bridgehead atoms. The van der Waals surface area contributed by atoms with Gasteiger partial charge in [-0.3, -0.25) is 0 Å². The summed E-state index contributed by atoms with van der Waals surface area (Å²) in [4.78, 5) is 0. The quantitative estimate of drug-likeness (QED) is 0.426. The molecule has 0 N–H and O–H groups in total. The summed E-state index contributed by atoms with van der Waals surface area (Å²) < 4.78 is 0. The first-order valence-corrected chi connectivity index (χ1v) is 5.40. The lowest BCUT2D eigenvalue weighted by Gasteiger charge is -1.81. The van der Waals surface area contributed by atoms with Crippen LogP contribution in [0.4, 0.5) is 0 Å². The van der Waals surface area contributed by atoms with Gasteiger partial charge < -0.3 is 0 Å². The first-order valence-electron chi connectivity index (χ1n) is 2.27. The van der Waals surface area contributed by atoms with Gasteiger partial charge in [0.25, 0.3) is 14.1 Å². The molecule has 0 aromatic heterocycles. The Morgan fingerprint density at radius 1 is 1.40 bits per heavy atom. The zero-order chi connectivity index (χ0) is 4.28. The third kappa shape index (κ3) is 4.53. The van der Waals surface area contributed by atoms with E-state index in [1.54, 1.807) is 0 Å². The second-order valence-corrected chi connectivity index (χ2v) is 5.41. The maximum absolute atomic E-state index is 2.36. The van der Waals surface area contributed by atoms with Crippen LogP contribution >= 0.6 is 0 Å². The smallest absolute Gasteiger partial charge is 0.106 e. The van der Waals surface area contributed by atoms with Gasteiger partial charge in [0, 0.05) is 0 Å². The highest BCUT2D eigenvalue weighted by Crippen LogP contribution is 1.83. The van der Waals surface area contributed by atoms with Gasteiger partial charge in [0.1, 0.15) is 0 Å². The molecule has 0 aromatic rings. The Hall–Kier alpha value is 0.532. The molecule has 0 aliphatic heterocycles. The van der Waals surface area contributed by atoms with Crippen molar-refractivity contribution in [2.75, 3.05) is 0 Å². The van der Waals surface area contributed by atoms with Crippen molar-refractivity contribution >= 4 is 14.1 Å². The van der Waals surface area contributed by atoms with Gasteiger partial charge in [-0.05, 0) is 0 Å². The minimum absolute atomic E-state index is 0.150. The molecule has 0 saturated carbocycles. The Morgan fingerprint density at radius 2 is 1.60 bits per heavy atom. The summed E-state index contributed by atoms with van der Waals surface area (Å²) in [6, 6.07) is 0. The minimum atomic E-state index is -0.150. The monoisotopic (exact) mass is 86.1 g/mol. The first-order chi connectivity index (χ1) is 2.27. The van der Waals surface area contributed by atoms with Gasteiger partial charge in [0.05, 0.1) is 0 Å². The van der Waals surface area contributed by atoms with E-state index in [0.29, 0.717) is 0 Å². The van der Waals surface area contributed by atoms with Crippen LogP contribution in [0, 0.1) is 0 Å². The molecule has 0 radical (unpaired) electrons. The molecule has 30 valence electrons. The number of hydrogen-bond donors (Lipinski definition) is 0. The molecule has 0 saturated heterocycles. The van der Waals surface area contributed by atoms with Gasteiger partial charge in [0.2, 0.25) is 0 Å². The number of hydrogen-bond acceptors (Lipinski definition) is 0. The molecular weight excluding hydrogens is 75.0 g/mol. The van der Waals surface area contributed by atoms with E-state index < -0.39 is 0 Å². The molecule has 1 heteroatoms. The molecular formula is C4H11Al. The van der Waals surface area contributed by atoms with E-state index in [9.17, 15) is 0 Å². The highest BCUT2D eigenvalue weighted by atomic mass is 27.2. The fraction of sp³-hybridized carbons (Fsp3) is 1.00. The molecule has 0 atom stereocenters. The average Bonchev–Trinajstić information content (AvgIpc) is 1.38. The summed E-state index contributed by atoms with van der Waals surface area (Å²) in [6.45, 7) is 2.26. The van der Waals surface area contributed by atoms with Crippen molar-refractivity contribution in [2.45, 2.75) is 23.8 Å². The van der Waals surface area contributed by atoms with Crippen molar-refractivity contribution in [3.63, 3.8) is 0 Å². The predicted octanol–water partition coefficient (Wildman–Crippen LogP) is 1.76. The third-order valence-corrected chi connectivity index (χ3v) is 2.45. The summed E-state index contributed by atoms with van der Waals surface area (Å²) >= 11 is -0.150. The maximum atomic E-state index is 2.36. The van der Waals surface area contributed by atoms with Gasteiger partial charge in [-0.2, -0.15) is 0 Å². The van der Waals surface area contributed by atoms with Crippen molar-refractivity contribution in [2.24, 2.45) is 0 Å². The average molecular weight is 86.1 g/mol. The Bertz CT molecular complexity index is 17.6. The third-order valence-electron chi connectivity index (χ3n) is 0.816. The maximum Gasteiger partial charge on any atom is 0.254 e. The van der Waals surface area contributed by atoms with Crippen LogP contribution in [-0.4, -0.2) is 14.1 Å². The Kier molecular flexibility index (Phi) is 3.05. The fourth-order valence-electron chi connectivity index (χ4n) is 0. The van der Waals surface area contributed by atoms with E-state index in [0.717, 1.165) is 0 Å². The van der Waals surface area contributed by atoms with E-state index in [2.05, 4.69) is 18.5 Å². The standard InChI is InChI=1S/C2H5.2CH3.Al/c1-2;;;/h1H2,2H3;2*1H3;.